The zero-order valence-corrected chi connectivity index (χ0v) is 16.0. The van der Waals surface area contributed by atoms with E-state index in [4.69, 9.17) is 0 Å². The van der Waals surface area contributed by atoms with E-state index in [0.29, 0.717) is 24.2 Å². The summed E-state index contributed by atoms with van der Waals surface area (Å²) in [5, 5.41) is 15.4. The molecule has 0 bridgehead atoms. The number of aromatic nitrogens is 2. The van der Waals surface area contributed by atoms with Crippen LogP contribution >= 0.6 is 0 Å². The number of amides is 1. The van der Waals surface area contributed by atoms with Crippen molar-refractivity contribution in [3.63, 3.8) is 0 Å². The lowest BCUT2D eigenvalue weighted by molar-refractivity contribution is -0.385. The normalized spacial score (nSPS) is 15.1. The number of carbonyl (C=O) groups is 1. The molecule has 0 radical (unpaired) electrons. The van der Waals surface area contributed by atoms with Crippen LogP contribution in [0, 0.1) is 24.0 Å². The van der Waals surface area contributed by atoms with Crippen molar-refractivity contribution in [1.29, 1.82) is 0 Å². The molecule has 0 unspecified atom stereocenters. The Labute approximate surface area is 158 Å². The van der Waals surface area contributed by atoms with E-state index in [-0.39, 0.29) is 11.6 Å². The van der Waals surface area contributed by atoms with Crippen molar-refractivity contribution < 1.29 is 9.72 Å². The van der Waals surface area contributed by atoms with Gasteiger partial charge in [-0.15, -0.1) is 0 Å². The number of nitro benzene ring substituents is 1. The quantitative estimate of drug-likeness (QED) is 0.595. The second-order valence-electron chi connectivity index (χ2n) is 6.92. The molecule has 1 fully saturated rings. The first-order chi connectivity index (χ1) is 12.9. The van der Waals surface area contributed by atoms with Crippen molar-refractivity contribution in [3.05, 3.63) is 56.9 Å². The van der Waals surface area contributed by atoms with Crippen molar-refractivity contribution >= 4 is 11.6 Å². The third kappa shape index (κ3) is 4.16. The molecule has 8 heteroatoms. The van der Waals surface area contributed by atoms with E-state index in [1.165, 1.54) is 11.6 Å². The summed E-state index contributed by atoms with van der Waals surface area (Å²) in [5.74, 6) is -0.0670. The molecule has 0 aliphatic carbocycles. The number of hydrogen-bond donors (Lipinski definition) is 0. The van der Waals surface area contributed by atoms with Crippen LogP contribution in [-0.4, -0.2) is 56.6 Å². The second-order valence-corrected chi connectivity index (χ2v) is 6.92. The highest BCUT2D eigenvalue weighted by molar-refractivity contribution is 5.94. The highest BCUT2D eigenvalue weighted by Crippen LogP contribution is 2.20. The van der Waals surface area contributed by atoms with Gasteiger partial charge in [0.2, 0.25) is 0 Å². The largest absolute Gasteiger partial charge is 0.336 e. The summed E-state index contributed by atoms with van der Waals surface area (Å²) >= 11 is 0. The van der Waals surface area contributed by atoms with Gasteiger partial charge in [0, 0.05) is 68.2 Å². The van der Waals surface area contributed by atoms with Gasteiger partial charge in [-0.25, -0.2) is 0 Å². The Bertz CT molecular complexity index is 853. The molecular formula is C19H25N5O3. The summed E-state index contributed by atoms with van der Waals surface area (Å²) in [6, 6.07) is 4.56. The fraction of sp³-hybridized carbons (Fsp3) is 0.474. The van der Waals surface area contributed by atoms with Crippen LogP contribution in [0.15, 0.2) is 24.4 Å². The number of nitro groups is 1. The number of nitrogens with zero attached hydrogens (tertiary/aromatic N) is 5. The maximum atomic E-state index is 12.7. The molecule has 1 aromatic heterocycles. The van der Waals surface area contributed by atoms with Crippen molar-refractivity contribution in [2.24, 2.45) is 0 Å². The first-order valence-corrected chi connectivity index (χ1v) is 9.18. The van der Waals surface area contributed by atoms with E-state index < -0.39 is 4.92 Å². The van der Waals surface area contributed by atoms with Crippen LogP contribution in [-0.2, 0) is 13.1 Å². The third-order valence-electron chi connectivity index (χ3n) is 5.07. The predicted molar refractivity (Wildman–Crippen MR) is 102 cm³/mol. The first-order valence-electron chi connectivity index (χ1n) is 9.18. The van der Waals surface area contributed by atoms with E-state index in [1.54, 1.807) is 19.1 Å². The van der Waals surface area contributed by atoms with Gasteiger partial charge in [-0.2, -0.15) is 5.10 Å². The molecule has 0 spiro atoms. The molecule has 1 aliphatic rings. The summed E-state index contributed by atoms with van der Waals surface area (Å²) < 4.78 is 1.95. The molecule has 1 saturated heterocycles. The SMILES string of the molecule is CCn1cc(CN2CCN(C(=O)c3ccc([N+](=O)[O-])c(C)c3)CC2)c(C)n1. The van der Waals surface area contributed by atoms with Crippen LogP contribution in [0.3, 0.4) is 0 Å². The highest BCUT2D eigenvalue weighted by atomic mass is 16.6. The van der Waals surface area contributed by atoms with Crippen LogP contribution in [0.2, 0.25) is 0 Å². The summed E-state index contributed by atoms with van der Waals surface area (Å²) in [6.07, 6.45) is 2.09. The molecule has 8 nitrogen and oxygen atoms in total. The zero-order valence-electron chi connectivity index (χ0n) is 16.0. The molecule has 2 heterocycles. The summed E-state index contributed by atoms with van der Waals surface area (Å²) in [4.78, 5) is 27.4. The Kier molecular flexibility index (Phi) is 5.55. The van der Waals surface area contributed by atoms with E-state index in [9.17, 15) is 14.9 Å². The molecular weight excluding hydrogens is 346 g/mol. The van der Waals surface area contributed by atoms with E-state index in [2.05, 4.69) is 23.1 Å². The average Bonchev–Trinajstić information content (AvgIpc) is 3.01. The van der Waals surface area contributed by atoms with Gasteiger partial charge in [-0.1, -0.05) is 0 Å². The molecule has 1 amide bonds. The molecule has 1 aliphatic heterocycles. The number of hydrogen-bond acceptors (Lipinski definition) is 5. The molecule has 0 saturated carbocycles. The zero-order chi connectivity index (χ0) is 19.6. The molecule has 3 rings (SSSR count). The summed E-state index contributed by atoms with van der Waals surface area (Å²) in [6.45, 7) is 10.3. The molecule has 0 atom stereocenters. The minimum absolute atomic E-state index is 0.0411. The maximum absolute atomic E-state index is 12.7. The Morgan fingerprint density at radius 3 is 2.48 bits per heavy atom. The molecule has 27 heavy (non-hydrogen) atoms. The van der Waals surface area contributed by atoms with Crippen molar-refractivity contribution in [3.8, 4) is 0 Å². The minimum Gasteiger partial charge on any atom is -0.336 e. The van der Waals surface area contributed by atoms with E-state index in [0.717, 1.165) is 31.9 Å². The number of piperazine rings is 1. The third-order valence-corrected chi connectivity index (χ3v) is 5.07. The maximum Gasteiger partial charge on any atom is 0.272 e. The van der Waals surface area contributed by atoms with Gasteiger partial charge in [-0.05, 0) is 32.9 Å². The standard InChI is InChI=1S/C19H25N5O3/c1-4-23-13-17(15(3)20-23)12-21-7-9-22(10-8-21)19(25)16-5-6-18(24(26)27)14(2)11-16/h5-6,11,13H,4,7-10,12H2,1-3H3. The van der Waals surface area contributed by atoms with E-state index >= 15 is 0 Å². The highest BCUT2D eigenvalue weighted by Gasteiger charge is 2.24. The van der Waals surface area contributed by atoms with E-state index in [1.807, 2.05) is 16.5 Å². The van der Waals surface area contributed by atoms with Gasteiger partial charge in [0.15, 0.2) is 0 Å². The molecule has 1 aromatic carbocycles. The topological polar surface area (TPSA) is 84.5 Å². The van der Waals surface area contributed by atoms with Crippen molar-refractivity contribution in [1.82, 2.24) is 19.6 Å². The Hall–Kier alpha value is -2.74. The molecule has 2 aromatic rings. The fourth-order valence-corrected chi connectivity index (χ4v) is 3.40. The minimum atomic E-state index is -0.426. The van der Waals surface area contributed by atoms with Crippen LogP contribution < -0.4 is 0 Å². The smallest absolute Gasteiger partial charge is 0.272 e. The van der Waals surface area contributed by atoms with Gasteiger partial charge >= 0.3 is 0 Å². The van der Waals surface area contributed by atoms with Crippen molar-refractivity contribution in [2.45, 2.75) is 33.9 Å². The Balaban J connectivity index is 1.60. The van der Waals surface area contributed by atoms with Crippen LogP contribution in [0.5, 0.6) is 0 Å². The lowest BCUT2D eigenvalue weighted by Gasteiger charge is -2.34. The fourth-order valence-electron chi connectivity index (χ4n) is 3.40. The molecule has 0 N–H and O–H groups in total. The lowest BCUT2D eigenvalue weighted by atomic mass is 10.1. The lowest BCUT2D eigenvalue weighted by Crippen LogP contribution is -2.48. The Morgan fingerprint density at radius 2 is 1.93 bits per heavy atom. The summed E-state index contributed by atoms with van der Waals surface area (Å²) in [7, 11) is 0. The summed E-state index contributed by atoms with van der Waals surface area (Å²) in [5.41, 5.74) is 3.33. The van der Waals surface area contributed by atoms with Crippen LogP contribution in [0.25, 0.3) is 0 Å². The number of rotatable bonds is 5. The van der Waals surface area contributed by atoms with Crippen LogP contribution in [0.4, 0.5) is 5.69 Å². The molecule has 144 valence electrons. The van der Waals surface area contributed by atoms with Gasteiger partial charge in [0.25, 0.3) is 11.6 Å². The number of benzene rings is 1. The van der Waals surface area contributed by atoms with Crippen molar-refractivity contribution in [2.75, 3.05) is 26.2 Å². The number of aryl methyl sites for hydroxylation is 3. The predicted octanol–water partition coefficient (Wildman–Crippen LogP) is 2.39. The monoisotopic (exact) mass is 371 g/mol. The van der Waals surface area contributed by atoms with Gasteiger partial charge in [0.1, 0.15) is 0 Å². The van der Waals surface area contributed by atoms with Gasteiger partial charge in [0.05, 0.1) is 10.6 Å². The second kappa shape index (κ2) is 7.87. The van der Waals surface area contributed by atoms with Crippen LogP contribution in [0.1, 0.15) is 34.1 Å². The van der Waals surface area contributed by atoms with Gasteiger partial charge < -0.3 is 4.90 Å². The first kappa shape index (κ1) is 19.0. The average molecular weight is 371 g/mol. The van der Waals surface area contributed by atoms with Gasteiger partial charge in [-0.3, -0.25) is 24.5 Å². The number of carbonyl (C=O) groups excluding carboxylic acids is 1. The Morgan fingerprint density at radius 1 is 1.22 bits per heavy atom.